The van der Waals surface area contributed by atoms with E-state index >= 15 is 0 Å². The fraction of sp³-hybridized carbons (Fsp3) is 0.538. The Morgan fingerprint density at radius 2 is 1.71 bits per heavy atom. The smallest absolute Gasteiger partial charge is 0.388 e. The van der Waals surface area contributed by atoms with Crippen LogP contribution in [-0.4, -0.2) is 5.11 Å². The van der Waals surface area contributed by atoms with Crippen molar-refractivity contribution in [2.24, 2.45) is 5.92 Å². The molecule has 0 aromatic heterocycles. The minimum Gasteiger partial charge on any atom is -0.388 e. The molecule has 0 amide bonds. The Labute approximate surface area is 99.3 Å². The van der Waals surface area contributed by atoms with Crippen LogP contribution in [-0.2, 0) is 6.18 Å². The number of hydrogen-bond donors (Lipinski definition) is 1. The molecule has 1 nitrogen and oxygen atoms in total. The molecule has 17 heavy (non-hydrogen) atoms. The Hall–Kier alpha value is -1.03. The Balaban J connectivity index is 2.89. The maximum atomic E-state index is 12.7. The number of rotatable bonds is 4. The van der Waals surface area contributed by atoms with Gasteiger partial charge in [0.1, 0.15) is 0 Å². The normalized spacial score (nSPS) is 14.1. The Morgan fingerprint density at radius 1 is 1.12 bits per heavy atom. The number of alkyl halides is 3. The van der Waals surface area contributed by atoms with Gasteiger partial charge in [-0.1, -0.05) is 32.0 Å². The molecular formula is C13H17F3O. The molecule has 1 aromatic rings. The first kappa shape index (κ1) is 14.0. The maximum absolute atomic E-state index is 12.7. The molecular weight excluding hydrogens is 229 g/mol. The summed E-state index contributed by atoms with van der Waals surface area (Å²) in [6.07, 6.45) is -4.40. The van der Waals surface area contributed by atoms with Crippen LogP contribution in [0.4, 0.5) is 13.2 Å². The quantitative estimate of drug-likeness (QED) is 0.845. The molecule has 0 aliphatic carbocycles. The number of halogens is 3. The van der Waals surface area contributed by atoms with Gasteiger partial charge in [0.15, 0.2) is 0 Å². The molecule has 1 N–H and O–H groups in total. The molecule has 1 rings (SSSR count). The average molecular weight is 246 g/mol. The van der Waals surface area contributed by atoms with E-state index in [1.807, 2.05) is 13.8 Å². The fourth-order valence-corrected chi connectivity index (χ4v) is 1.69. The largest absolute Gasteiger partial charge is 0.416 e. The van der Waals surface area contributed by atoms with Gasteiger partial charge in [0.2, 0.25) is 0 Å². The summed E-state index contributed by atoms with van der Waals surface area (Å²) in [5.41, 5.74) is -0.767. The van der Waals surface area contributed by atoms with Crippen LogP contribution in [0.3, 0.4) is 0 Å². The lowest BCUT2D eigenvalue weighted by Crippen LogP contribution is -2.12. The monoisotopic (exact) mass is 246 g/mol. The molecule has 0 spiro atoms. The zero-order chi connectivity index (χ0) is 13.1. The summed E-state index contributed by atoms with van der Waals surface area (Å²) in [7, 11) is 0. The highest BCUT2D eigenvalue weighted by Gasteiger charge is 2.34. The van der Waals surface area contributed by atoms with Crippen LogP contribution < -0.4 is 0 Å². The van der Waals surface area contributed by atoms with Gasteiger partial charge in [0, 0.05) is 0 Å². The SMILES string of the molecule is CC(C)CCC(O)c1ccccc1C(F)(F)F. The highest BCUT2D eigenvalue weighted by molar-refractivity contribution is 5.31. The molecule has 0 saturated heterocycles. The van der Waals surface area contributed by atoms with E-state index in [0.717, 1.165) is 6.07 Å². The lowest BCUT2D eigenvalue weighted by atomic mass is 9.96. The standard InChI is InChI=1S/C13H17F3O/c1-9(2)7-8-12(17)10-5-3-4-6-11(10)13(14,15)16/h3-6,9,12,17H,7-8H2,1-2H3. The fourth-order valence-electron chi connectivity index (χ4n) is 1.69. The first-order valence-corrected chi connectivity index (χ1v) is 5.66. The number of aliphatic hydroxyl groups is 1. The van der Waals surface area contributed by atoms with E-state index in [4.69, 9.17) is 0 Å². The number of benzene rings is 1. The van der Waals surface area contributed by atoms with Gasteiger partial charge in [-0.25, -0.2) is 0 Å². The van der Waals surface area contributed by atoms with Crippen LogP contribution in [0.25, 0.3) is 0 Å². The third-order valence-corrected chi connectivity index (χ3v) is 2.64. The van der Waals surface area contributed by atoms with Crippen molar-refractivity contribution in [3.05, 3.63) is 35.4 Å². The zero-order valence-corrected chi connectivity index (χ0v) is 9.96. The van der Waals surface area contributed by atoms with Crippen molar-refractivity contribution in [3.8, 4) is 0 Å². The van der Waals surface area contributed by atoms with Crippen LogP contribution in [0.2, 0.25) is 0 Å². The second-order valence-corrected chi connectivity index (χ2v) is 4.57. The molecule has 0 saturated carbocycles. The van der Waals surface area contributed by atoms with Gasteiger partial charge in [0.05, 0.1) is 11.7 Å². The van der Waals surface area contributed by atoms with Crippen molar-refractivity contribution in [1.29, 1.82) is 0 Å². The Morgan fingerprint density at radius 3 is 2.24 bits per heavy atom. The van der Waals surface area contributed by atoms with Gasteiger partial charge in [-0.3, -0.25) is 0 Å². The van der Waals surface area contributed by atoms with E-state index in [9.17, 15) is 18.3 Å². The van der Waals surface area contributed by atoms with Crippen molar-refractivity contribution in [2.75, 3.05) is 0 Å². The summed E-state index contributed by atoms with van der Waals surface area (Å²) in [4.78, 5) is 0. The predicted molar refractivity (Wildman–Crippen MR) is 60.5 cm³/mol. The topological polar surface area (TPSA) is 20.2 Å². The van der Waals surface area contributed by atoms with Gasteiger partial charge in [-0.2, -0.15) is 13.2 Å². The van der Waals surface area contributed by atoms with Crippen molar-refractivity contribution >= 4 is 0 Å². The van der Waals surface area contributed by atoms with E-state index in [0.29, 0.717) is 18.8 Å². The van der Waals surface area contributed by atoms with Gasteiger partial charge >= 0.3 is 6.18 Å². The third kappa shape index (κ3) is 4.04. The Kier molecular flexibility index (Phi) is 4.57. The van der Waals surface area contributed by atoms with E-state index in [2.05, 4.69) is 0 Å². The molecule has 1 atom stereocenters. The highest BCUT2D eigenvalue weighted by atomic mass is 19.4. The van der Waals surface area contributed by atoms with Gasteiger partial charge in [-0.05, 0) is 30.4 Å². The molecule has 0 bridgehead atoms. The molecule has 1 unspecified atom stereocenters. The van der Waals surface area contributed by atoms with Crippen LogP contribution >= 0.6 is 0 Å². The van der Waals surface area contributed by atoms with Crippen molar-refractivity contribution in [3.63, 3.8) is 0 Å². The molecule has 96 valence electrons. The highest BCUT2D eigenvalue weighted by Crippen LogP contribution is 2.35. The van der Waals surface area contributed by atoms with E-state index in [-0.39, 0.29) is 5.56 Å². The predicted octanol–water partition coefficient (Wildman–Crippen LogP) is 4.18. The first-order valence-electron chi connectivity index (χ1n) is 5.66. The summed E-state index contributed by atoms with van der Waals surface area (Å²) in [6.45, 7) is 3.95. The lowest BCUT2D eigenvalue weighted by molar-refractivity contribution is -0.139. The summed E-state index contributed by atoms with van der Waals surface area (Å²) < 4.78 is 38.1. The zero-order valence-electron chi connectivity index (χ0n) is 9.96. The maximum Gasteiger partial charge on any atom is 0.416 e. The van der Waals surface area contributed by atoms with Gasteiger partial charge < -0.3 is 5.11 Å². The van der Waals surface area contributed by atoms with E-state index in [1.54, 1.807) is 0 Å². The summed E-state index contributed by atoms with van der Waals surface area (Å²) in [6, 6.07) is 5.20. The Bertz CT molecular complexity index is 358. The van der Waals surface area contributed by atoms with E-state index in [1.165, 1.54) is 18.2 Å². The van der Waals surface area contributed by atoms with Crippen LogP contribution in [0.1, 0.15) is 43.9 Å². The molecule has 0 heterocycles. The van der Waals surface area contributed by atoms with E-state index < -0.39 is 17.8 Å². The minimum atomic E-state index is -4.41. The summed E-state index contributed by atoms with van der Waals surface area (Å²) >= 11 is 0. The van der Waals surface area contributed by atoms with Crippen molar-refractivity contribution in [2.45, 2.75) is 39.0 Å². The average Bonchev–Trinajstić information content (AvgIpc) is 2.24. The molecule has 0 fully saturated rings. The summed E-state index contributed by atoms with van der Waals surface area (Å²) in [5.74, 6) is 0.364. The molecule has 0 radical (unpaired) electrons. The minimum absolute atomic E-state index is 0.0272. The van der Waals surface area contributed by atoms with Crippen molar-refractivity contribution in [1.82, 2.24) is 0 Å². The van der Waals surface area contributed by atoms with Gasteiger partial charge in [0.25, 0.3) is 0 Å². The van der Waals surface area contributed by atoms with Gasteiger partial charge in [-0.15, -0.1) is 0 Å². The number of hydrogen-bond acceptors (Lipinski definition) is 1. The molecule has 0 aliphatic rings. The number of aliphatic hydroxyl groups excluding tert-OH is 1. The molecule has 4 heteroatoms. The second kappa shape index (κ2) is 5.54. The molecule has 1 aromatic carbocycles. The van der Waals surface area contributed by atoms with Crippen LogP contribution in [0.15, 0.2) is 24.3 Å². The second-order valence-electron chi connectivity index (χ2n) is 4.57. The summed E-state index contributed by atoms with van der Waals surface area (Å²) in [5, 5.41) is 9.81. The lowest BCUT2D eigenvalue weighted by Gasteiger charge is -2.18. The van der Waals surface area contributed by atoms with Crippen LogP contribution in [0.5, 0.6) is 0 Å². The van der Waals surface area contributed by atoms with Crippen molar-refractivity contribution < 1.29 is 18.3 Å². The first-order chi connectivity index (χ1) is 7.82. The molecule has 0 aliphatic heterocycles. The van der Waals surface area contributed by atoms with Crippen LogP contribution in [0, 0.1) is 5.92 Å². The third-order valence-electron chi connectivity index (χ3n) is 2.64.